The topological polar surface area (TPSA) is 76.3 Å². The van der Waals surface area contributed by atoms with E-state index in [4.69, 9.17) is 0 Å². The van der Waals surface area contributed by atoms with Gasteiger partial charge in [0.1, 0.15) is 0 Å². The number of aromatic nitrogens is 4. The highest BCUT2D eigenvalue weighted by Crippen LogP contribution is 2.18. The van der Waals surface area contributed by atoms with Crippen molar-refractivity contribution in [3.63, 3.8) is 0 Å². The quantitative estimate of drug-likeness (QED) is 0.743. The minimum absolute atomic E-state index is 0.0487. The second kappa shape index (κ2) is 8.36. The third-order valence-electron chi connectivity index (χ3n) is 5.13. The highest BCUT2D eigenvalue weighted by molar-refractivity contribution is 5.10. The Labute approximate surface area is 165 Å². The van der Waals surface area contributed by atoms with E-state index in [9.17, 15) is 9.59 Å². The Morgan fingerprint density at radius 3 is 2.14 bits per heavy atom. The monoisotopic (exact) mass is 386 g/mol. The fraction of sp³-hybridized carbons (Fsp3) is 0.600. The van der Waals surface area contributed by atoms with Crippen LogP contribution in [-0.4, -0.2) is 62.1 Å². The van der Waals surface area contributed by atoms with Gasteiger partial charge < -0.3 is 0 Å². The molecular formula is C20H30N6O2. The first-order valence-electron chi connectivity index (χ1n) is 9.79. The number of hydrogen-bond donors (Lipinski definition) is 0. The van der Waals surface area contributed by atoms with Gasteiger partial charge in [-0.2, -0.15) is 10.2 Å². The molecule has 3 rings (SSSR count). The fourth-order valence-electron chi connectivity index (χ4n) is 3.28. The van der Waals surface area contributed by atoms with E-state index in [1.165, 1.54) is 4.68 Å². The van der Waals surface area contributed by atoms with Crippen molar-refractivity contribution in [1.82, 2.24) is 29.4 Å². The number of aryl methyl sites for hydroxylation is 1. The molecule has 0 saturated carbocycles. The number of nitrogens with zero attached hydrogens (tertiary/aromatic N) is 6. The van der Waals surface area contributed by atoms with Crippen molar-refractivity contribution in [2.24, 2.45) is 7.05 Å². The van der Waals surface area contributed by atoms with Gasteiger partial charge in [0.2, 0.25) is 0 Å². The van der Waals surface area contributed by atoms with Gasteiger partial charge in [0.05, 0.1) is 17.9 Å². The van der Waals surface area contributed by atoms with E-state index in [0.29, 0.717) is 6.54 Å². The van der Waals surface area contributed by atoms with Crippen LogP contribution in [0.1, 0.15) is 32.2 Å². The van der Waals surface area contributed by atoms with Crippen molar-refractivity contribution >= 4 is 0 Å². The largest absolute Gasteiger partial charge is 0.299 e. The Hall–Kier alpha value is -2.32. The Kier molecular flexibility index (Phi) is 6.10. The third-order valence-corrected chi connectivity index (χ3v) is 5.13. The maximum Gasteiger partial charge on any atom is 0.266 e. The molecule has 1 aliphatic heterocycles. The maximum atomic E-state index is 12.1. The summed E-state index contributed by atoms with van der Waals surface area (Å²) < 4.78 is 2.96. The lowest BCUT2D eigenvalue weighted by molar-refractivity contribution is 0.121. The van der Waals surface area contributed by atoms with Gasteiger partial charge in [0, 0.05) is 63.9 Å². The van der Waals surface area contributed by atoms with Crippen LogP contribution in [0.5, 0.6) is 0 Å². The third kappa shape index (κ3) is 5.14. The van der Waals surface area contributed by atoms with E-state index < -0.39 is 0 Å². The van der Waals surface area contributed by atoms with Crippen molar-refractivity contribution in [2.75, 3.05) is 32.7 Å². The van der Waals surface area contributed by atoms with E-state index in [1.807, 2.05) is 6.07 Å². The lowest BCUT2D eigenvalue weighted by atomic mass is 9.92. The van der Waals surface area contributed by atoms with Gasteiger partial charge in [0.15, 0.2) is 0 Å². The average Bonchev–Trinajstić information content (AvgIpc) is 2.64. The molecule has 0 amide bonds. The van der Waals surface area contributed by atoms with Gasteiger partial charge in [-0.15, -0.1) is 0 Å². The van der Waals surface area contributed by atoms with Gasteiger partial charge in [0.25, 0.3) is 11.1 Å². The van der Waals surface area contributed by atoms with Gasteiger partial charge in [-0.25, -0.2) is 9.36 Å². The van der Waals surface area contributed by atoms with Crippen LogP contribution >= 0.6 is 0 Å². The zero-order chi connectivity index (χ0) is 20.3. The smallest absolute Gasteiger partial charge is 0.266 e. The van der Waals surface area contributed by atoms with E-state index in [1.54, 1.807) is 29.9 Å². The highest BCUT2D eigenvalue weighted by atomic mass is 16.1. The molecule has 1 saturated heterocycles. The Morgan fingerprint density at radius 1 is 0.857 bits per heavy atom. The lowest BCUT2D eigenvalue weighted by Crippen LogP contribution is -2.47. The van der Waals surface area contributed by atoms with Gasteiger partial charge in [-0.05, 0) is 12.1 Å². The summed E-state index contributed by atoms with van der Waals surface area (Å²) in [6.45, 7) is 12.2. The van der Waals surface area contributed by atoms with E-state index in [-0.39, 0.29) is 16.5 Å². The van der Waals surface area contributed by atoms with Crippen molar-refractivity contribution < 1.29 is 0 Å². The molecule has 28 heavy (non-hydrogen) atoms. The van der Waals surface area contributed by atoms with E-state index in [2.05, 4.69) is 40.8 Å². The molecule has 0 N–H and O–H groups in total. The molecule has 1 aliphatic rings. The lowest BCUT2D eigenvalue weighted by Gasteiger charge is -2.34. The first-order valence-corrected chi connectivity index (χ1v) is 9.79. The van der Waals surface area contributed by atoms with Crippen molar-refractivity contribution in [2.45, 2.75) is 39.3 Å². The molecule has 0 aromatic carbocycles. The number of hydrogen-bond acceptors (Lipinski definition) is 6. The molecule has 0 atom stereocenters. The first kappa shape index (κ1) is 20.4. The fourth-order valence-corrected chi connectivity index (χ4v) is 3.28. The van der Waals surface area contributed by atoms with Gasteiger partial charge in [-0.3, -0.25) is 19.4 Å². The number of piperazine rings is 1. The van der Waals surface area contributed by atoms with Crippen LogP contribution in [0.4, 0.5) is 0 Å². The second-order valence-electron chi connectivity index (χ2n) is 8.43. The van der Waals surface area contributed by atoms with Crippen LogP contribution in [-0.2, 0) is 25.6 Å². The van der Waals surface area contributed by atoms with Crippen LogP contribution in [0, 0.1) is 0 Å². The van der Waals surface area contributed by atoms with Crippen LogP contribution in [0.25, 0.3) is 0 Å². The molecule has 0 spiro atoms. The average molecular weight is 387 g/mol. The Bertz CT molecular complexity index is 919. The first-order chi connectivity index (χ1) is 13.2. The minimum atomic E-state index is -0.0899. The van der Waals surface area contributed by atoms with Crippen LogP contribution in [0.2, 0.25) is 0 Å². The summed E-state index contributed by atoms with van der Waals surface area (Å²) in [4.78, 5) is 28.3. The Balaban J connectivity index is 1.51. The second-order valence-corrected chi connectivity index (χ2v) is 8.43. The highest BCUT2D eigenvalue weighted by Gasteiger charge is 2.19. The molecule has 0 bridgehead atoms. The molecule has 8 nitrogen and oxygen atoms in total. The number of rotatable bonds is 5. The van der Waals surface area contributed by atoms with Crippen LogP contribution in [0.15, 0.2) is 33.9 Å². The summed E-state index contributed by atoms with van der Waals surface area (Å²) in [5.41, 5.74) is 1.63. The normalized spacial score (nSPS) is 16.4. The molecule has 0 unspecified atom stereocenters. The summed E-state index contributed by atoms with van der Waals surface area (Å²) in [7, 11) is 1.68. The Morgan fingerprint density at radius 2 is 1.50 bits per heavy atom. The molecule has 152 valence electrons. The van der Waals surface area contributed by atoms with Crippen molar-refractivity contribution in [3.8, 4) is 0 Å². The standard InChI is InChI=1S/C20H30N6O2/c1-20(2,3)17-6-8-19(28)26(22-17)14-13-24-9-11-25(12-10-24)15-16-5-7-18(27)23(4)21-16/h5-8H,9-15H2,1-4H3. The summed E-state index contributed by atoms with van der Waals surface area (Å²) >= 11 is 0. The molecule has 0 aliphatic carbocycles. The minimum Gasteiger partial charge on any atom is -0.299 e. The van der Waals surface area contributed by atoms with E-state index >= 15 is 0 Å². The zero-order valence-corrected chi connectivity index (χ0v) is 17.3. The summed E-state index contributed by atoms with van der Waals surface area (Å²) in [5.74, 6) is 0. The molecule has 8 heteroatoms. The van der Waals surface area contributed by atoms with Crippen molar-refractivity contribution in [1.29, 1.82) is 0 Å². The predicted molar refractivity (Wildman–Crippen MR) is 108 cm³/mol. The SMILES string of the molecule is Cn1nc(CN2CCN(CCn3nc(C(C)(C)C)ccc3=O)CC2)ccc1=O. The molecule has 0 radical (unpaired) electrons. The van der Waals surface area contributed by atoms with Crippen molar-refractivity contribution in [3.05, 3.63) is 56.4 Å². The summed E-state index contributed by atoms with van der Waals surface area (Å²) in [6, 6.07) is 6.81. The molecule has 2 aromatic heterocycles. The summed E-state index contributed by atoms with van der Waals surface area (Å²) in [5, 5.41) is 8.85. The van der Waals surface area contributed by atoms with Crippen LogP contribution < -0.4 is 11.1 Å². The van der Waals surface area contributed by atoms with Gasteiger partial charge >= 0.3 is 0 Å². The molecule has 1 fully saturated rings. The summed E-state index contributed by atoms with van der Waals surface area (Å²) in [6.07, 6.45) is 0. The van der Waals surface area contributed by atoms with Crippen LogP contribution in [0.3, 0.4) is 0 Å². The molecule has 2 aromatic rings. The molecular weight excluding hydrogens is 356 g/mol. The van der Waals surface area contributed by atoms with Gasteiger partial charge in [-0.1, -0.05) is 20.8 Å². The predicted octanol–water partition coefficient (Wildman–Crippen LogP) is 0.452. The maximum absolute atomic E-state index is 12.1. The van der Waals surface area contributed by atoms with E-state index in [0.717, 1.165) is 50.7 Å². The molecule has 3 heterocycles. The zero-order valence-electron chi connectivity index (χ0n) is 17.3.